The summed E-state index contributed by atoms with van der Waals surface area (Å²) in [5.41, 5.74) is 1.82. The van der Waals surface area contributed by atoms with Crippen LogP contribution in [0.4, 0.5) is 0 Å². The van der Waals surface area contributed by atoms with Gasteiger partial charge in [-0.05, 0) is 23.6 Å². The standard InChI is InChI=1S/C12H13BrO2/c1-2-5-9(8-12(14)15)10-6-3-4-7-11(10)13/h3-4,6-8H,2,5H2,1H3,(H,14,15)/b9-8+. The quantitative estimate of drug-likeness (QED) is 0.846. The Balaban J connectivity index is 3.10. The number of benzene rings is 1. The van der Waals surface area contributed by atoms with Crippen LogP contribution in [0.1, 0.15) is 25.3 Å². The van der Waals surface area contributed by atoms with E-state index >= 15 is 0 Å². The number of carbonyl (C=O) groups is 1. The highest BCUT2D eigenvalue weighted by Crippen LogP contribution is 2.27. The minimum absolute atomic E-state index is 0.773. The van der Waals surface area contributed by atoms with Gasteiger partial charge in [0.2, 0.25) is 0 Å². The fraction of sp³-hybridized carbons (Fsp3) is 0.250. The Morgan fingerprint density at radius 2 is 2.13 bits per heavy atom. The number of hydrogen-bond acceptors (Lipinski definition) is 1. The lowest BCUT2D eigenvalue weighted by Crippen LogP contribution is -1.93. The van der Waals surface area contributed by atoms with Gasteiger partial charge in [-0.15, -0.1) is 0 Å². The summed E-state index contributed by atoms with van der Waals surface area (Å²) in [6.45, 7) is 2.03. The lowest BCUT2D eigenvalue weighted by Gasteiger charge is -2.07. The smallest absolute Gasteiger partial charge is 0.328 e. The highest BCUT2D eigenvalue weighted by molar-refractivity contribution is 9.10. The van der Waals surface area contributed by atoms with Gasteiger partial charge in [0.15, 0.2) is 0 Å². The van der Waals surface area contributed by atoms with Crippen molar-refractivity contribution in [3.05, 3.63) is 40.4 Å². The van der Waals surface area contributed by atoms with E-state index in [1.54, 1.807) is 0 Å². The van der Waals surface area contributed by atoms with E-state index in [1.165, 1.54) is 6.08 Å². The van der Waals surface area contributed by atoms with Crippen LogP contribution in [0.25, 0.3) is 5.57 Å². The molecule has 0 unspecified atom stereocenters. The van der Waals surface area contributed by atoms with Crippen molar-refractivity contribution in [2.45, 2.75) is 19.8 Å². The van der Waals surface area contributed by atoms with Crippen LogP contribution < -0.4 is 0 Å². The van der Waals surface area contributed by atoms with Gasteiger partial charge in [0.05, 0.1) is 0 Å². The van der Waals surface area contributed by atoms with Crippen molar-refractivity contribution in [2.24, 2.45) is 0 Å². The Morgan fingerprint density at radius 3 is 2.67 bits per heavy atom. The first-order chi connectivity index (χ1) is 7.15. The van der Waals surface area contributed by atoms with Gasteiger partial charge in [-0.25, -0.2) is 4.79 Å². The van der Waals surface area contributed by atoms with Gasteiger partial charge in [-0.3, -0.25) is 0 Å². The van der Waals surface area contributed by atoms with Crippen LogP contribution in [0, 0.1) is 0 Å². The summed E-state index contributed by atoms with van der Waals surface area (Å²) in [6.07, 6.45) is 2.99. The highest BCUT2D eigenvalue weighted by Gasteiger charge is 2.06. The van der Waals surface area contributed by atoms with Crippen LogP contribution in [0.3, 0.4) is 0 Å². The molecule has 0 atom stereocenters. The molecule has 80 valence electrons. The number of aliphatic carboxylic acids is 1. The number of halogens is 1. The van der Waals surface area contributed by atoms with Crippen molar-refractivity contribution < 1.29 is 9.90 Å². The molecule has 0 fully saturated rings. The number of hydrogen-bond donors (Lipinski definition) is 1. The first-order valence-electron chi connectivity index (χ1n) is 4.83. The van der Waals surface area contributed by atoms with Crippen LogP contribution in [-0.2, 0) is 4.79 Å². The largest absolute Gasteiger partial charge is 0.478 e. The zero-order chi connectivity index (χ0) is 11.3. The summed E-state index contributed by atoms with van der Waals surface area (Å²) in [6, 6.07) is 7.67. The maximum Gasteiger partial charge on any atom is 0.328 e. The topological polar surface area (TPSA) is 37.3 Å². The molecule has 3 heteroatoms. The highest BCUT2D eigenvalue weighted by atomic mass is 79.9. The van der Waals surface area contributed by atoms with Gasteiger partial charge in [0.1, 0.15) is 0 Å². The molecule has 1 aromatic carbocycles. The minimum Gasteiger partial charge on any atom is -0.478 e. The van der Waals surface area contributed by atoms with Crippen LogP contribution in [0.5, 0.6) is 0 Å². The van der Waals surface area contributed by atoms with Gasteiger partial charge in [0, 0.05) is 10.5 Å². The monoisotopic (exact) mass is 268 g/mol. The molecule has 0 saturated carbocycles. The van der Waals surface area contributed by atoms with Gasteiger partial charge < -0.3 is 5.11 Å². The van der Waals surface area contributed by atoms with Crippen molar-refractivity contribution in [3.63, 3.8) is 0 Å². The maximum atomic E-state index is 10.7. The van der Waals surface area contributed by atoms with E-state index in [4.69, 9.17) is 5.11 Å². The normalized spacial score (nSPS) is 11.5. The van der Waals surface area contributed by atoms with E-state index in [-0.39, 0.29) is 0 Å². The second kappa shape index (κ2) is 5.71. The first kappa shape index (κ1) is 12.0. The molecular weight excluding hydrogens is 256 g/mol. The summed E-state index contributed by atoms with van der Waals surface area (Å²) in [7, 11) is 0. The summed E-state index contributed by atoms with van der Waals surface area (Å²) in [4.78, 5) is 10.7. The fourth-order valence-corrected chi connectivity index (χ4v) is 1.96. The van der Waals surface area contributed by atoms with E-state index in [0.29, 0.717) is 0 Å². The molecule has 0 aliphatic heterocycles. The van der Waals surface area contributed by atoms with Gasteiger partial charge in [0.25, 0.3) is 0 Å². The molecule has 0 heterocycles. The van der Waals surface area contributed by atoms with Crippen LogP contribution in [0.2, 0.25) is 0 Å². The molecule has 0 bridgehead atoms. The van der Waals surface area contributed by atoms with E-state index in [0.717, 1.165) is 28.5 Å². The average molecular weight is 269 g/mol. The van der Waals surface area contributed by atoms with Gasteiger partial charge in [-0.1, -0.05) is 47.5 Å². The van der Waals surface area contributed by atoms with E-state index in [1.807, 2.05) is 31.2 Å². The number of carboxylic acids is 1. The molecule has 0 aliphatic carbocycles. The molecular formula is C12H13BrO2. The predicted molar refractivity (Wildman–Crippen MR) is 64.7 cm³/mol. The Bertz CT molecular complexity index is 383. The molecule has 1 aromatic rings. The predicted octanol–water partition coefficient (Wildman–Crippen LogP) is 3.72. The van der Waals surface area contributed by atoms with Gasteiger partial charge >= 0.3 is 5.97 Å². The number of carboxylic acid groups (broad SMARTS) is 1. The minimum atomic E-state index is -0.894. The van der Waals surface area contributed by atoms with Gasteiger partial charge in [-0.2, -0.15) is 0 Å². The first-order valence-corrected chi connectivity index (χ1v) is 5.63. The summed E-state index contributed by atoms with van der Waals surface area (Å²) in [5, 5.41) is 8.77. The average Bonchev–Trinajstić information content (AvgIpc) is 2.17. The fourth-order valence-electron chi connectivity index (χ4n) is 1.42. The lowest BCUT2D eigenvalue weighted by molar-refractivity contribution is -0.131. The molecule has 0 saturated heterocycles. The third-order valence-corrected chi connectivity index (χ3v) is 2.73. The molecule has 2 nitrogen and oxygen atoms in total. The van der Waals surface area contributed by atoms with Crippen molar-refractivity contribution in [1.82, 2.24) is 0 Å². The summed E-state index contributed by atoms with van der Waals surface area (Å²) >= 11 is 3.42. The number of rotatable bonds is 4. The molecule has 1 rings (SSSR count). The number of allylic oxidation sites excluding steroid dienone is 1. The molecule has 0 aliphatic rings. The van der Waals surface area contributed by atoms with Crippen molar-refractivity contribution in [2.75, 3.05) is 0 Å². The molecule has 0 amide bonds. The molecule has 0 spiro atoms. The molecule has 15 heavy (non-hydrogen) atoms. The van der Waals surface area contributed by atoms with Crippen molar-refractivity contribution in [3.8, 4) is 0 Å². The maximum absolute atomic E-state index is 10.7. The van der Waals surface area contributed by atoms with Crippen LogP contribution in [-0.4, -0.2) is 11.1 Å². The van der Waals surface area contributed by atoms with Crippen LogP contribution in [0.15, 0.2) is 34.8 Å². The van der Waals surface area contributed by atoms with Crippen molar-refractivity contribution >= 4 is 27.5 Å². The second-order valence-electron chi connectivity index (χ2n) is 3.24. The van der Waals surface area contributed by atoms with E-state index in [2.05, 4.69) is 15.9 Å². The zero-order valence-corrected chi connectivity index (χ0v) is 10.1. The molecule has 0 aromatic heterocycles. The van der Waals surface area contributed by atoms with Crippen molar-refractivity contribution in [1.29, 1.82) is 0 Å². The summed E-state index contributed by atoms with van der Waals surface area (Å²) < 4.78 is 0.936. The second-order valence-corrected chi connectivity index (χ2v) is 4.09. The third-order valence-electron chi connectivity index (χ3n) is 2.04. The van der Waals surface area contributed by atoms with E-state index in [9.17, 15) is 4.79 Å². The Hall–Kier alpha value is -1.09. The Morgan fingerprint density at radius 1 is 1.47 bits per heavy atom. The molecule has 0 radical (unpaired) electrons. The third kappa shape index (κ3) is 3.51. The van der Waals surface area contributed by atoms with Crippen LogP contribution >= 0.6 is 15.9 Å². The molecule has 1 N–H and O–H groups in total. The summed E-state index contributed by atoms with van der Waals surface area (Å²) in [5.74, 6) is -0.894. The SMILES string of the molecule is CCC/C(=C\C(=O)O)c1ccccc1Br. The van der Waals surface area contributed by atoms with E-state index < -0.39 is 5.97 Å². The lowest BCUT2D eigenvalue weighted by atomic mass is 10.0. The Labute approximate surface area is 97.8 Å². The zero-order valence-electron chi connectivity index (χ0n) is 8.53. The Kier molecular flexibility index (Phi) is 4.56.